The Morgan fingerprint density at radius 3 is 2.80 bits per heavy atom. The van der Waals surface area contributed by atoms with Crippen molar-refractivity contribution in [3.63, 3.8) is 0 Å². The number of hydrogen-bond donors (Lipinski definition) is 1. The summed E-state index contributed by atoms with van der Waals surface area (Å²) in [6, 6.07) is 7.07. The van der Waals surface area contributed by atoms with Gasteiger partial charge in [-0.05, 0) is 25.0 Å². The highest BCUT2D eigenvalue weighted by atomic mass is 19.1. The van der Waals surface area contributed by atoms with Crippen molar-refractivity contribution < 1.29 is 4.39 Å². The van der Waals surface area contributed by atoms with Gasteiger partial charge in [-0.2, -0.15) is 5.26 Å². The molecule has 1 atom stereocenters. The minimum Gasteiger partial charge on any atom is -0.379 e. The van der Waals surface area contributed by atoms with Crippen LogP contribution in [0.4, 0.5) is 10.1 Å². The molecule has 0 radical (unpaired) electrons. The van der Waals surface area contributed by atoms with Gasteiger partial charge in [-0.1, -0.05) is 19.1 Å². The highest BCUT2D eigenvalue weighted by Gasteiger charge is 2.10. The molecule has 0 aliphatic carbocycles. The van der Waals surface area contributed by atoms with Crippen molar-refractivity contribution in [1.29, 1.82) is 5.26 Å². The van der Waals surface area contributed by atoms with E-state index in [-0.39, 0.29) is 11.9 Å². The summed E-state index contributed by atoms with van der Waals surface area (Å²) in [4.78, 5) is 0. The van der Waals surface area contributed by atoms with Gasteiger partial charge in [-0.3, -0.25) is 0 Å². The van der Waals surface area contributed by atoms with E-state index < -0.39 is 0 Å². The van der Waals surface area contributed by atoms with Crippen molar-refractivity contribution in [2.75, 3.05) is 5.32 Å². The van der Waals surface area contributed by atoms with Crippen LogP contribution < -0.4 is 5.32 Å². The summed E-state index contributed by atoms with van der Waals surface area (Å²) >= 11 is 0. The van der Waals surface area contributed by atoms with Gasteiger partial charge in [-0.25, -0.2) is 4.39 Å². The summed E-state index contributed by atoms with van der Waals surface area (Å²) in [7, 11) is 0. The predicted molar refractivity (Wildman–Crippen MR) is 59.1 cm³/mol. The maximum atomic E-state index is 13.4. The molecule has 1 unspecified atom stereocenters. The summed E-state index contributed by atoms with van der Waals surface area (Å²) in [5.41, 5.74) is 1.38. The molecule has 0 spiro atoms. The Morgan fingerprint density at radius 1 is 1.53 bits per heavy atom. The summed E-state index contributed by atoms with van der Waals surface area (Å²) < 4.78 is 13.4. The highest BCUT2D eigenvalue weighted by molar-refractivity contribution is 5.52. The van der Waals surface area contributed by atoms with Crippen molar-refractivity contribution in [1.82, 2.24) is 0 Å². The molecule has 1 N–H and O–H groups in total. The summed E-state index contributed by atoms with van der Waals surface area (Å²) in [6.07, 6.45) is 1.20. The third kappa shape index (κ3) is 2.95. The first kappa shape index (κ1) is 11.5. The monoisotopic (exact) mass is 206 g/mol. The van der Waals surface area contributed by atoms with Gasteiger partial charge in [-0.15, -0.1) is 0 Å². The Kier molecular flexibility index (Phi) is 4.11. The normalized spacial score (nSPS) is 11.9. The van der Waals surface area contributed by atoms with Crippen LogP contribution in [0, 0.1) is 24.1 Å². The molecule has 0 aromatic heterocycles. The Morgan fingerprint density at radius 2 is 2.27 bits per heavy atom. The highest BCUT2D eigenvalue weighted by Crippen LogP contribution is 2.20. The molecular formula is C12H15FN2. The first-order valence-corrected chi connectivity index (χ1v) is 5.07. The molecule has 0 saturated carbocycles. The largest absolute Gasteiger partial charge is 0.379 e. The van der Waals surface area contributed by atoms with Crippen molar-refractivity contribution in [2.24, 2.45) is 0 Å². The molecule has 1 aromatic rings. The van der Waals surface area contributed by atoms with Crippen LogP contribution in [0.2, 0.25) is 0 Å². The zero-order valence-electron chi connectivity index (χ0n) is 9.05. The second-order valence-electron chi connectivity index (χ2n) is 3.54. The first-order valence-electron chi connectivity index (χ1n) is 5.07. The Labute approximate surface area is 89.7 Å². The van der Waals surface area contributed by atoms with Crippen molar-refractivity contribution in [3.05, 3.63) is 29.6 Å². The second-order valence-corrected chi connectivity index (χ2v) is 3.54. The standard InChI is InChI=1S/C12H15FN2/c1-3-10(7-8-14)15-12-9(2)5-4-6-11(12)13/h4-6,10,15H,3,7H2,1-2H3. The van der Waals surface area contributed by atoms with E-state index in [1.54, 1.807) is 6.07 Å². The Balaban J connectivity index is 2.83. The number of hydrogen-bond acceptors (Lipinski definition) is 2. The molecule has 3 heteroatoms. The fourth-order valence-electron chi connectivity index (χ4n) is 1.43. The first-order chi connectivity index (χ1) is 7.19. The van der Waals surface area contributed by atoms with Gasteiger partial charge in [0.25, 0.3) is 0 Å². The topological polar surface area (TPSA) is 35.8 Å². The van der Waals surface area contributed by atoms with Gasteiger partial charge >= 0.3 is 0 Å². The number of halogens is 1. The molecular weight excluding hydrogens is 191 g/mol. The van der Waals surface area contributed by atoms with Crippen LogP contribution in [0.1, 0.15) is 25.3 Å². The lowest BCUT2D eigenvalue weighted by Gasteiger charge is -2.17. The van der Waals surface area contributed by atoms with E-state index in [9.17, 15) is 4.39 Å². The van der Waals surface area contributed by atoms with Crippen LogP contribution in [0.5, 0.6) is 0 Å². The number of nitrogens with zero attached hydrogens (tertiary/aromatic N) is 1. The number of benzene rings is 1. The molecule has 0 amide bonds. The fourth-order valence-corrected chi connectivity index (χ4v) is 1.43. The quantitative estimate of drug-likeness (QED) is 0.820. The van der Waals surface area contributed by atoms with E-state index in [4.69, 9.17) is 5.26 Å². The molecule has 0 aliphatic rings. The minimum absolute atomic E-state index is 0.0191. The fraction of sp³-hybridized carbons (Fsp3) is 0.417. The van der Waals surface area contributed by atoms with Crippen LogP contribution in [0.15, 0.2) is 18.2 Å². The number of para-hydroxylation sites is 1. The third-order valence-electron chi connectivity index (χ3n) is 2.40. The van der Waals surface area contributed by atoms with Gasteiger partial charge in [0.15, 0.2) is 0 Å². The van der Waals surface area contributed by atoms with Crippen LogP contribution >= 0.6 is 0 Å². The average molecular weight is 206 g/mol. The second kappa shape index (κ2) is 5.35. The number of nitriles is 1. The maximum absolute atomic E-state index is 13.4. The van der Waals surface area contributed by atoms with E-state index in [0.29, 0.717) is 12.1 Å². The van der Waals surface area contributed by atoms with Gasteiger partial charge in [0.05, 0.1) is 18.2 Å². The lowest BCUT2D eigenvalue weighted by molar-refractivity contribution is 0.620. The van der Waals surface area contributed by atoms with Gasteiger partial charge in [0.1, 0.15) is 5.82 Å². The zero-order chi connectivity index (χ0) is 11.3. The molecule has 1 rings (SSSR count). The summed E-state index contributed by atoms with van der Waals surface area (Å²) in [5.74, 6) is -0.258. The van der Waals surface area contributed by atoms with E-state index in [0.717, 1.165) is 12.0 Å². The van der Waals surface area contributed by atoms with Gasteiger partial charge in [0.2, 0.25) is 0 Å². The predicted octanol–water partition coefficient (Wildman–Crippen LogP) is 3.24. The van der Waals surface area contributed by atoms with Crippen molar-refractivity contribution in [2.45, 2.75) is 32.7 Å². The van der Waals surface area contributed by atoms with Gasteiger partial charge in [0, 0.05) is 6.04 Å². The number of aryl methyl sites for hydroxylation is 1. The Bertz CT molecular complexity index is 348. The molecule has 0 fully saturated rings. The lowest BCUT2D eigenvalue weighted by Crippen LogP contribution is -2.19. The number of anilines is 1. The minimum atomic E-state index is -0.258. The number of rotatable bonds is 4. The third-order valence-corrected chi connectivity index (χ3v) is 2.40. The summed E-state index contributed by atoms with van der Waals surface area (Å²) in [5, 5.41) is 11.7. The van der Waals surface area contributed by atoms with Crippen molar-refractivity contribution >= 4 is 5.69 Å². The van der Waals surface area contributed by atoms with E-state index in [1.807, 2.05) is 19.9 Å². The van der Waals surface area contributed by atoms with Crippen LogP contribution in [0.3, 0.4) is 0 Å². The van der Waals surface area contributed by atoms with Crippen molar-refractivity contribution in [3.8, 4) is 6.07 Å². The molecule has 1 aromatic carbocycles. The van der Waals surface area contributed by atoms with Crippen LogP contribution in [-0.2, 0) is 0 Å². The van der Waals surface area contributed by atoms with Crippen LogP contribution in [0.25, 0.3) is 0 Å². The lowest BCUT2D eigenvalue weighted by atomic mass is 10.1. The molecule has 80 valence electrons. The number of nitrogens with one attached hydrogen (secondary N) is 1. The molecule has 0 heterocycles. The smallest absolute Gasteiger partial charge is 0.146 e. The summed E-state index contributed by atoms with van der Waals surface area (Å²) in [6.45, 7) is 3.83. The molecule has 2 nitrogen and oxygen atoms in total. The molecule has 0 bridgehead atoms. The van der Waals surface area contributed by atoms with E-state index in [2.05, 4.69) is 11.4 Å². The molecule has 0 aliphatic heterocycles. The molecule has 0 saturated heterocycles. The van der Waals surface area contributed by atoms with Gasteiger partial charge < -0.3 is 5.32 Å². The zero-order valence-corrected chi connectivity index (χ0v) is 9.05. The Hall–Kier alpha value is -1.56. The van der Waals surface area contributed by atoms with E-state index in [1.165, 1.54) is 6.07 Å². The van der Waals surface area contributed by atoms with Crippen LogP contribution in [-0.4, -0.2) is 6.04 Å². The SMILES string of the molecule is CCC(CC#N)Nc1c(C)cccc1F. The average Bonchev–Trinajstić information content (AvgIpc) is 2.22. The molecule has 15 heavy (non-hydrogen) atoms. The van der Waals surface area contributed by atoms with E-state index >= 15 is 0 Å². The maximum Gasteiger partial charge on any atom is 0.146 e.